The second-order valence-electron chi connectivity index (χ2n) is 3.96. The molecule has 0 amide bonds. The van der Waals surface area contributed by atoms with Crippen molar-refractivity contribution < 1.29 is 9.52 Å². The van der Waals surface area contributed by atoms with E-state index in [2.05, 4.69) is 4.98 Å². The van der Waals surface area contributed by atoms with E-state index >= 15 is 0 Å². The molecule has 3 nitrogen and oxygen atoms in total. The van der Waals surface area contributed by atoms with Crippen molar-refractivity contribution in [2.45, 2.75) is 32.8 Å². The first-order valence-electron chi connectivity index (χ1n) is 5.27. The third-order valence-electron chi connectivity index (χ3n) is 2.67. The van der Waals surface area contributed by atoms with E-state index in [0.29, 0.717) is 11.7 Å². The van der Waals surface area contributed by atoms with E-state index < -0.39 is 5.60 Å². The summed E-state index contributed by atoms with van der Waals surface area (Å²) in [6, 6.07) is 1.90. The lowest BCUT2D eigenvalue weighted by molar-refractivity contribution is 0.0750. The van der Waals surface area contributed by atoms with Gasteiger partial charge in [0, 0.05) is 12.0 Å². The van der Waals surface area contributed by atoms with E-state index in [1.165, 1.54) is 0 Å². The summed E-state index contributed by atoms with van der Waals surface area (Å²) in [5, 5.41) is 14.4. The number of nitrogens with zero attached hydrogens (tertiary/aromatic N) is 1. The van der Waals surface area contributed by atoms with Crippen LogP contribution in [0.4, 0.5) is 0 Å². The van der Waals surface area contributed by atoms with Crippen molar-refractivity contribution in [1.29, 1.82) is 0 Å². The largest absolute Gasteiger partial charge is 0.442 e. The number of oxazole rings is 1. The maximum atomic E-state index is 10.5. The van der Waals surface area contributed by atoms with Gasteiger partial charge in [0.1, 0.15) is 5.60 Å². The molecule has 2 heterocycles. The van der Waals surface area contributed by atoms with Crippen LogP contribution in [0.1, 0.15) is 36.8 Å². The number of rotatable bonds is 3. The molecule has 0 aliphatic carbocycles. The average Bonchev–Trinajstić information content (AvgIpc) is 2.85. The monoisotopic (exact) mass is 237 g/mol. The SMILES string of the molecule is CCc1nc(C)c(C(C)(O)c2ccsc2)o1. The zero-order chi connectivity index (χ0) is 11.8. The van der Waals surface area contributed by atoms with Crippen LogP contribution in [0.2, 0.25) is 0 Å². The van der Waals surface area contributed by atoms with Crippen molar-refractivity contribution in [2.75, 3.05) is 0 Å². The van der Waals surface area contributed by atoms with Gasteiger partial charge in [-0.05, 0) is 30.7 Å². The number of aryl methyl sites for hydroxylation is 2. The average molecular weight is 237 g/mol. The van der Waals surface area contributed by atoms with Crippen LogP contribution in [0.25, 0.3) is 0 Å². The first-order valence-corrected chi connectivity index (χ1v) is 6.21. The number of aromatic nitrogens is 1. The molecule has 0 aromatic carbocycles. The molecular weight excluding hydrogens is 222 g/mol. The second-order valence-corrected chi connectivity index (χ2v) is 4.74. The van der Waals surface area contributed by atoms with Gasteiger partial charge in [0.25, 0.3) is 0 Å². The van der Waals surface area contributed by atoms with E-state index in [1.54, 1.807) is 18.3 Å². The molecule has 0 aliphatic rings. The fourth-order valence-electron chi connectivity index (χ4n) is 1.73. The number of hydrogen-bond acceptors (Lipinski definition) is 4. The topological polar surface area (TPSA) is 46.3 Å². The Bertz CT molecular complexity index is 471. The summed E-state index contributed by atoms with van der Waals surface area (Å²) in [7, 11) is 0. The van der Waals surface area contributed by atoms with Crippen LogP contribution in [0.5, 0.6) is 0 Å². The molecule has 4 heteroatoms. The summed E-state index contributed by atoms with van der Waals surface area (Å²) in [5.41, 5.74) is 0.511. The molecule has 0 radical (unpaired) electrons. The predicted octanol–water partition coefficient (Wildman–Crippen LogP) is 2.86. The highest BCUT2D eigenvalue weighted by Gasteiger charge is 2.32. The Labute approximate surface area is 98.8 Å². The molecule has 16 heavy (non-hydrogen) atoms. The van der Waals surface area contributed by atoms with Gasteiger partial charge in [-0.1, -0.05) is 6.92 Å². The van der Waals surface area contributed by atoms with Gasteiger partial charge in [-0.15, -0.1) is 0 Å². The summed E-state index contributed by atoms with van der Waals surface area (Å²) in [4.78, 5) is 4.28. The Balaban J connectivity index is 2.46. The standard InChI is InChI=1S/C12H15NO2S/c1-4-10-13-8(2)11(15-10)12(3,14)9-5-6-16-7-9/h5-7,14H,4H2,1-3H3. The molecule has 0 saturated heterocycles. The van der Waals surface area contributed by atoms with Crippen molar-refractivity contribution in [3.63, 3.8) is 0 Å². The van der Waals surface area contributed by atoms with Gasteiger partial charge >= 0.3 is 0 Å². The minimum absolute atomic E-state index is 0.544. The highest BCUT2D eigenvalue weighted by Crippen LogP contribution is 2.33. The first kappa shape index (κ1) is 11.4. The van der Waals surface area contributed by atoms with Crippen LogP contribution >= 0.6 is 11.3 Å². The molecule has 1 unspecified atom stereocenters. The van der Waals surface area contributed by atoms with Gasteiger partial charge in [0.2, 0.25) is 0 Å². The fraction of sp³-hybridized carbons (Fsp3) is 0.417. The lowest BCUT2D eigenvalue weighted by Crippen LogP contribution is -2.22. The fourth-order valence-corrected chi connectivity index (χ4v) is 2.49. The van der Waals surface area contributed by atoms with Crippen LogP contribution in [-0.4, -0.2) is 10.1 Å². The van der Waals surface area contributed by atoms with E-state index in [1.807, 2.05) is 30.7 Å². The van der Waals surface area contributed by atoms with Gasteiger partial charge in [0.15, 0.2) is 11.7 Å². The van der Waals surface area contributed by atoms with Crippen LogP contribution in [0.3, 0.4) is 0 Å². The molecule has 2 aromatic rings. The Morgan fingerprint density at radius 3 is 2.81 bits per heavy atom. The van der Waals surface area contributed by atoms with E-state index in [-0.39, 0.29) is 0 Å². The number of hydrogen-bond donors (Lipinski definition) is 1. The Morgan fingerprint density at radius 2 is 2.31 bits per heavy atom. The summed E-state index contributed by atoms with van der Waals surface area (Å²) in [6.45, 7) is 5.58. The molecule has 2 rings (SSSR count). The molecule has 0 bridgehead atoms. The highest BCUT2D eigenvalue weighted by atomic mass is 32.1. The molecule has 2 aromatic heterocycles. The minimum Gasteiger partial charge on any atom is -0.442 e. The summed E-state index contributed by atoms with van der Waals surface area (Å²) in [6.07, 6.45) is 0.737. The highest BCUT2D eigenvalue weighted by molar-refractivity contribution is 7.08. The molecule has 0 aliphatic heterocycles. The Morgan fingerprint density at radius 1 is 1.56 bits per heavy atom. The van der Waals surface area contributed by atoms with Gasteiger partial charge < -0.3 is 9.52 Å². The van der Waals surface area contributed by atoms with Crippen molar-refractivity contribution in [3.05, 3.63) is 39.7 Å². The molecule has 0 saturated carbocycles. The maximum Gasteiger partial charge on any atom is 0.194 e. The van der Waals surface area contributed by atoms with E-state index in [4.69, 9.17) is 4.42 Å². The maximum absolute atomic E-state index is 10.5. The van der Waals surface area contributed by atoms with E-state index in [9.17, 15) is 5.11 Å². The quantitative estimate of drug-likeness (QED) is 0.892. The molecule has 0 fully saturated rings. The predicted molar refractivity (Wildman–Crippen MR) is 63.6 cm³/mol. The molecule has 1 N–H and O–H groups in total. The lowest BCUT2D eigenvalue weighted by atomic mass is 9.95. The van der Waals surface area contributed by atoms with Gasteiger partial charge in [0.05, 0.1) is 5.69 Å². The zero-order valence-electron chi connectivity index (χ0n) is 9.65. The van der Waals surface area contributed by atoms with Crippen LogP contribution in [-0.2, 0) is 12.0 Å². The van der Waals surface area contributed by atoms with Crippen molar-refractivity contribution >= 4 is 11.3 Å². The van der Waals surface area contributed by atoms with Crippen LogP contribution < -0.4 is 0 Å². The summed E-state index contributed by atoms with van der Waals surface area (Å²) < 4.78 is 5.60. The van der Waals surface area contributed by atoms with Crippen LogP contribution in [0.15, 0.2) is 21.2 Å². The Kier molecular flexibility index (Phi) is 2.86. The molecule has 86 valence electrons. The number of aliphatic hydroxyl groups is 1. The lowest BCUT2D eigenvalue weighted by Gasteiger charge is -2.19. The normalized spacial score (nSPS) is 15.0. The first-order chi connectivity index (χ1) is 7.55. The summed E-state index contributed by atoms with van der Waals surface area (Å²) >= 11 is 1.56. The molecule has 0 spiro atoms. The third kappa shape index (κ3) is 1.79. The van der Waals surface area contributed by atoms with Gasteiger partial charge in [-0.3, -0.25) is 0 Å². The second kappa shape index (κ2) is 4.03. The summed E-state index contributed by atoms with van der Waals surface area (Å²) in [5.74, 6) is 1.21. The molecule has 1 atom stereocenters. The molecular formula is C12H15NO2S. The smallest absolute Gasteiger partial charge is 0.194 e. The van der Waals surface area contributed by atoms with E-state index in [0.717, 1.165) is 17.7 Å². The number of thiophene rings is 1. The van der Waals surface area contributed by atoms with Crippen LogP contribution in [0, 0.1) is 6.92 Å². The zero-order valence-corrected chi connectivity index (χ0v) is 10.5. The van der Waals surface area contributed by atoms with Crippen molar-refractivity contribution in [1.82, 2.24) is 4.98 Å². The van der Waals surface area contributed by atoms with Gasteiger partial charge in [-0.2, -0.15) is 11.3 Å². The Hall–Kier alpha value is -1.13. The van der Waals surface area contributed by atoms with Gasteiger partial charge in [-0.25, -0.2) is 4.98 Å². The minimum atomic E-state index is -1.09. The third-order valence-corrected chi connectivity index (χ3v) is 3.35. The van der Waals surface area contributed by atoms with Crippen molar-refractivity contribution in [2.24, 2.45) is 0 Å². The van der Waals surface area contributed by atoms with Crippen molar-refractivity contribution in [3.8, 4) is 0 Å².